The summed E-state index contributed by atoms with van der Waals surface area (Å²) in [6.45, 7) is 2.23. The molecule has 0 aliphatic heterocycles. The molecular formula is C12H18O2. The number of aliphatic hydroxyl groups excluding tert-OH is 1. The van der Waals surface area contributed by atoms with E-state index in [4.69, 9.17) is 5.11 Å². The highest BCUT2D eigenvalue weighted by atomic mass is 16.3. The number of rotatable bonds is 5. The Morgan fingerprint density at radius 3 is 2.57 bits per heavy atom. The topological polar surface area (TPSA) is 40.5 Å². The van der Waals surface area contributed by atoms with Crippen LogP contribution in [0.5, 0.6) is 5.75 Å². The molecule has 2 heteroatoms. The number of benzene rings is 1. The molecule has 1 aromatic carbocycles. The third kappa shape index (κ3) is 3.38. The molecule has 0 aliphatic carbocycles. The molecule has 2 nitrogen and oxygen atoms in total. The summed E-state index contributed by atoms with van der Waals surface area (Å²) in [5, 5.41) is 18.2. The Morgan fingerprint density at radius 2 is 1.93 bits per heavy atom. The van der Waals surface area contributed by atoms with Crippen molar-refractivity contribution < 1.29 is 10.2 Å². The van der Waals surface area contributed by atoms with Crippen LogP contribution in [0, 0.1) is 6.92 Å². The van der Waals surface area contributed by atoms with Gasteiger partial charge in [0.2, 0.25) is 0 Å². The van der Waals surface area contributed by atoms with E-state index in [2.05, 4.69) is 0 Å². The second-order valence-corrected chi connectivity index (χ2v) is 3.67. The van der Waals surface area contributed by atoms with Gasteiger partial charge in [-0.3, -0.25) is 0 Å². The van der Waals surface area contributed by atoms with Gasteiger partial charge in [0.25, 0.3) is 0 Å². The van der Waals surface area contributed by atoms with Crippen LogP contribution in [-0.2, 0) is 6.42 Å². The molecule has 78 valence electrons. The smallest absolute Gasteiger partial charge is 0.119 e. The fraction of sp³-hybridized carbons (Fsp3) is 0.500. The van der Waals surface area contributed by atoms with E-state index < -0.39 is 0 Å². The molecule has 14 heavy (non-hydrogen) atoms. The van der Waals surface area contributed by atoms with Crippen molar-refractivity contribution in [1.82, 2.24) is 0 Å². The second kappa shape index (κ2) is 5.66. The number of aryl methyl sites for hydroxylation is 2. The molecule has 0 atom stereocenters. The number of unbranched alkanes of at least 4 members (excludes halogenated alkanes) is 2. The van der Waals surface area contributed by atoms with Crippen LogP contribution >= 0.6 is 0 Å². The largest absolute Gasteiger partial charge is 0.508 e. The third-order valence-corrected chi connectivity index (χ3v) is 2.35. The first kappa shape index (κ1) is 11.1. The molecule has 0 radical (unpaired) electrons. The van der Waals surface area contributed by atoms with Crippen molar-refractivity contribution >= 4 is 0 Å². The monoisotopic (exact) mass is 194 g/mol. The molecular weight excluding hydrogens is 176 g/mol. The summed E-state index contributed by atoms with van der Waals surface area (Å²) in [6, 6.07) is 5.78. The second-order valence-electron chi connectivity index (χ2n) is 3.67. The molecule has 0 aliphatic rings. The van der Waals surface area contributed by atoms with Crippen LogP contribution < -0.4 is 0 Å². The van der Waals surface area contributed by atoms with E-state index in [1.54, 1.807) is 6.07 Å². The normalized spacial score (nSPS) is 10.4. The van der Waals surface area contributed by atoms with E-state index in [0.29, 0.717) is 5.75 Å². The minimum absolute atomic E-state index is 0.264. The number of aromatic hydroxyl groups is 1. The van der Waals surface area contributed by atoms with Gasteiger partial charge in [-0.25, -0.2) is 0 Å². The molecule has 1 rings (SSSR count). The standard InChI is InChI=1S/C12H18O2/c1-10-6-7-11(12(14)9-10)5-3-2-4-8-13/h6-7,9,13-14H,2-5,8H2,1H3. The fourth-order valence-corrected chi connectivity index (χ4v) is 1.49. The van der Waals surface area contributed by atoms with Crippen LogP contribution in [0.2, 0.25) is 0 Å². The van der Waals surface area contributed by atoms with Crippen LogP contribution in [0.1, 0.15) is 30.4 Å². The quantitative estimate of drug-likeness (QED) is 0.707. The van der Waals surface area contributed by atoms with Gasteiger partial charge < -0.3 is 10.2 Å². The maximum Gasteiger partial charge on any atom is 0.119 e. The molecule has 0 heterocycles. The summed E-state index contributed by atoms with van der Waals surface area (Å²) < 4.78 is 0. The van der Waals surface area contributed by atoms with Crippen molar-refractivity contribution in [1.29, 1.82) is 0 Å². The van der Waals surface area contributed by atoms with Crippen molar-refractivity contribution in [2.45, 2.75) is 32.6 Å². The van der Waals surface area contributed by atoms with Gasteiger partial charge in [0.15, 0.2) is 0 Å². The molecule has 0 spiro atoms. The van der Waals surface area contributed by atoms with Crippen molar-refractivity contribution in [3.8, 4) is 5.75 Å². The molecule has 0 saturated heterocycles. The maximum absolute atomic E-state index is 9.60. The Kier molecular flexibility index (Phi) is 4.47. The number of hydrogen-bond donors (Lipinski definition) is 2. The Labute approximate surface area is 85.2 Å². The zero-order chi connectivity index (χ0) is 10.4. The van der Waals surface area contributed by atoms with Crippen LogP contribution in [0.15, 0.2) is 18.2 Å². The molecule has 2 N–H and O–H groups in total. The van der Waals surface area contributed by atoms with E-state index in [-0.39, 0.29) is 6.61 Å². The SMILES string of the molecule is Cc1ccc(CCCCCO)c(O)c1. The predicted molar refractivity (Wildman–Crippen MR) is 57.5 cm³/mol. The van der Waals surface area contributed by atoms with Gasteiger partial charge in [-0.1, -0.05) is 18.6 Å². The number of phenols is 1. The number of hydrogen-bond acceptors (Lipinski definition) is 2. The first-order valence-electron chi connectivity index (χ1n) is 5.13. The van der Waals surface area contributed by atoms with E-state index in [1.807, 2.05) is 19.1 Å². The molecule has 1 aromatic rings. The lowest BCUT2D eigenvalue weighted by atomic mass is 10.0. The lowest BCUT2D eigenvalue weighted by Gasteiger charge is -2.04. The van der Waals surface area contributed by atoms with Crippen molar-refractivity contribution in [3.63, 3.8) is 0 Å². The van der Waals surface area contributed by atoms with Crippen molar-refractivity contribution in [2.75, 3.05) is 6.61 Å². The average Bonchev–Trinajstić information content (AvgIpc) is 2.15. The molecule has 0 fully saturated rings. The highest BCUT2D eigenvalue weighted by molar-refractivity contribution is 5.35. The third-order valence-electron chi connectivity index (χ3n) is 2.35. The van der Waals surface area contributed by atoms with E-state index in [9.17, 15) is 5.11 Å². The Bertz CT molecular complexity index is 282. The molecule has 0 aromatic heterocycles. The summed E-state index contributed by atoms with van der Waals surface area (Å²) in [5.41, 5.74) is 2.09. The lowest BCUT2D eigenvalue weighted by Crippen LogP contribution is -1.89. The number of aliphatic hydroxyl groups is 1. The van der Waals surface area contributed by atoms with Gasteiger partial charge in [-0.2, -0.15) is 0 Å². The van der Waals surface area contributed by atoms with Crippen LogP contribution in [0.25, 0.3) is 0 Å². The zero-order valence-electron chi connectivity index (χ0n) is 8.66. The molecule has 0 bridgehead atoms. The van der Waals surface area contributed by atoms with Gasteiger partial charge in [-0.05, 0) is 43.4 Å². The van der Waals surface area contributed by atoms with E-state index >= 15 is 0 Å². The fourth-order valence-electron chi connectivity index (χ4n) is 1.49. The molecule has 0 amide bonds. The highest BCUT2D eigenvalue weighted by Crippen LogP contribution is 2.20. The van der Waals surface area contributed by atoms with Crippen LogP contribution in [0.3, 0.4) is 0 Å². The minimum atomic E-state index is 0.264. The summed E-state index contributed by atoms with van der Waals surface area (Å²) >= 11 is 0. The van der Waals surface area contributed by atoms with Gasteiger partial charge in [-0.15, -0.1) is 0 Å². The van der Waals surface area contributed by atoms with Crippen molar-refractivity contribution in [2.24, 2.45) is 0 Å². The molecule has 0 saturated carbocycles. The highest BCUT2D eigenvalue weighted by Gasteiger charge is 2.00. The first-order chi connectivity index (χ1) is 6.74. The van der Waals surface area contributed by atoms with E-state index in [0.717, 1.165) is 36.8 Å². The summed E-state index contributed by atoms with van der Waals surface area (Å²) in [7, 11) is 0. The lowest BCUT2D eigenvalue weighted by molar-refractivity contribution is 0.283. The van der Waals surface area contributed by atoms with Crippen molar-refractivity contribution in [3.05, 3.63) is 29.3 Å². The minimum Gasteiger partial charge on any atom is -0.508 e. The predicted octanol–water partition coefficient (Wildman–Crippen LogP) is 2.41. The van der Waals surface area contributed by atoms with Gasteiger partial charge in [0.1, 0.15) is 5.75 Å². The zero-order valence-corrected chi connectivity index (χ0v) is 8.66. The first-order valence-corrected chi connectivity index (χ1v) is 5.13. The molecule has 0 unspecified atom stereocenters. The van der Waals surface area contributed by atoms with Gasteiger partial charge in [0, 0.05) is 6.61 Å². The summed E-state index contributed by atoms with van der Waals surface area (Å²) in [6.07, 6.45) is 3.79. The maximum atomic E-state index is 9.60. The Balaban J connectivity index is 2.42. The summed E-state index contributed by atoms with van der Waals surface area (Å²) in [5.74, 6) is 0.397. The Hall–Kier alpha value is -1.02. The Morgan fingerprint density at radius 1 is 1.14 bits per heavy atom. The van der Waals surface area contributed by atoms with E-state index in [1.165, 1.54) is 0 Å². The average molecular weight is 194 g/mol. The van der Waals surface area contributed by atoms with Gasteiger partial charge >= 0.3 is 0 Å². The van der Waals surface area contributed by atoms with Gasteiger partial charge in [0.05, 0.1) is 0 Å². The van der Waals surface area contributed by atoms with Crippen LogP contribution in [0.4, 0.5) is 0 Å². The summed E-state index contributed by atoms with van der Waals surface area (Å²) in [4.78, 5) is 0. The van der Waals surface area contributed by atoms with Crippen LogP contribution in [-0.4, -0.2) is 16.8 Å². The number of phenolic OH excluding ortho intramolecular Hbond substituents is 1.